The summed E-state index contributed by atoms with van der Waals surface area (Å²) in [6.45, 7) is 5.83. The summed E-state index contributed by atoms with van der Waals surface area (Å²) in [4.78, 5) is 18.2. The van der Waals surface area contributed by atoms with Gasteiger partial charge in [0.2, 0.25) is 0 Å². The molecule has 1 aliphatic heterocycles. The topological polar surface area (TPSA) is 57.8 Å². The Morgan fingerprint density at radius 3 is 2.48 bits per heavy atom. The molecule has 0 bridgehead atoms. The second kappa shape index (κ2) is 5.39. The zero-order valence-electron chi connectivity index (χ0n) is 12.6. The van der Waals surface area contributed by atoms with Crippen molar-refractivity contribution in [3.63, 3.8) is 0 Å². The van der Waals surface area contributed by atoms with Gasteiger partial charge in [-0.05, 0) is 38.3 Å². The lowest BCUT2D eigenvalue weighted by Crippen LogP contribution is -2.24. The molecule has 0 spiro atoms. The molecule has 1 aliphatic rings. The normalized spacial score (nSPS) is 16.2. The molecule has 0 aliphatic carbocycles. The van der Waals surface area contributed by atoms with Crippen molar-refractivity contribution in [2.75, 3.05) is 18.0 Å². The monoisotopic (exact) mass is 287 g/mol. The highest BCUT2D eigenvalue weighted by Crippen LogP contribution is 2.24. The molecule has 21 heavy (non-hydrogen) atoms. The van der Waals surface area contributed by atoms with E-state index >= 15 is 0 Å². The van der Waals surface area contributed by atoms with E-state index in [0.717, 1.165) is 30.0 Å². The fourth-order valence-electron chi connectivity index (χ4n) is 3.17. The van der Waals surface area contributed by atoms with Crippen molar-refractivity contribution in [1.29, 1.82) is 0 Å². The number of carbonyl (C=O) groups is 1. The van der Waals surface area contributed by atoms with Crippen molar-refractivity contribution in [1.82, 2.24) is 9.38 Å². The van der Waals surface area contributed by atoms with E-state index in [0.29, 0.717) is 5.69 Å². The Hall–Kier alpha value is -2.04. The maximum Gasteiger partial charge on any atom is 0.354 e. The van der Waals surface area contributed by atoms with Gasteiger partial charge in [-0.3, -0.25) is 4.40 Å². The van der Waals surface area contributed by atoms with E-state index in [1.807, 2.05) is 13.1 Å². The van der Waals surface area contributed by atoms with Crippen LogP contribution < -0.4 is 4.90 Å². The Morgan fingerprint density at radius 2 is 1.86 bits per heavy atom. The van der Waals surface area contributed by atoms with Crippen LogP contribution in [0.25, 0.3) is 5.65 Å². The summed E-state index contributed by atoms with van der Waals surface area (Å²) in [5.74, 6) is -0.924. The van der Waals surface area contributed by atoms with Gasteiger partial charge in [-0.15, -0.1) is 0 Å². The number of rotatable bonds is 2. The zero-order chi connectivity index (χ0) is 15.0. The summed E-state index contributed by atoms with van der Waals surface area (Å²) >= 11 is 0. The summed E-state index contributed by atoms with van der Waals surface area (Å²) in [7, 11) is 0. The molecule has 1 saturated heterocycles. The number of pyridine rings is 1. The summed E-state index contributed by atoms with van der Waals surface area (Å²) in [6.07, 6.45) is 6.89. The van der Waals surface area contributed by atoms with E-state index in [1.165, 1.54) is 25.7 Å². The first-order valence-corrected chi connectivity index (χ1v) is 7.55. The van der Waals surface area contributed by atoms with Crippen molar-refractivity contribution in [3.8, 4) is 0 Å². The van der Waals surface area contributed by atoms with E-state index < -0.39 is 5.97 Å². The Kier molecular flexibility index (Phi) is 3.57. The first-order chi connectivity index (χ1) is 10.1. The number of hydrogen-bond donors (Lipinski definition) is 1. The van der Waals surface area contributed by atoms with Crippen molar-refractivity contribution < 1.29 is 9.90 Å². The number of anilines is 1. The Labute approximate surface area is 124 Å². The van der Waals surface area contributed by atoms with Gasteiger partial charge in [0, 0.05) is 19.3 Å². The molecule has 1 fully saturated rings. The minimum Gasteiger partial charge on any atom is -0.477 e. The lowest BCUT2D eigenvalue weighted by atomic mass is 10.2. The molecule has 2 aromatic rings. The van der Waals surface area contributed by atoms with Crippen molar-refractivity contribution >= 4 is 17.3 Å². The Balaban J connectivity index is 2.12. The SMILES string of the molecule is Cc1nc2c(C)cc(N3CCCCCC3)cn2c1C(=O)O. The number of fused-ring (bicyclic) bond motifs is 1. The molecule has 0 radical (unpaired) electrons. The van der Waals surface area contributed by atoms with Gasteiger partial charge in [0.25, 0.3) is 0 Å². The summed E-state index contributed by atoms with van der Waals surface area (Å²) in [5, 5.41) is 9.42. The number of aromatic carboxylic acids is 1. The molecule has 0 unspecified atom stereocenters. The Morgan fingerprint density at radius 1 is 1.19 bits per heavy atom. The molecule has 0 atom stereocenters. The van der Waals surface area contributed by atoms with Gasteiger partial charge >= 0.3 is 5.97 Å². The number of nitrogens with zero attached hydrogens (tertiary/aromatic N) is 3. The van der Waals surface area contributed by atoms with Crippen LogP contribution >= 0.6 is 0 Å². The first kappa shape index (κ1) is 13.9. The third kappa shape index (κ3) is 2.48. The van der Waals surface area contributed by atoms with Crippen LogP contribution in [-0.2, 0) is 0 Å². The number of imidazole rings is 1. The molecule has 5 nitrogen and oxygen atoms in total. The molecule has 3 heterocycles. The number of carboxylic acid groups (broad SMARTS) is 1. The van der Waals surface area contributed by atoms with Gasteiger partial charge in [-0.25, -0.2) is 9.78 Å². The number of carboxylic acids is 1. The van der Waals surface area contributed by atoms with Crippen LogP contribution in [0.1, 0.15) is 47.4 Å². The third-order valence-corrected chi connectivity index (χ3v) is 4.24. The summed E-state index contributed by atoms with van der Waals surface area (Å²) in [6, 6.07) is 2.12. The number of hydrogen-bond acceptors (Lipinski definition) is 3. The zero-order valence-corrected chi connectivity index (χ0v) is 12.6. The van der Waals surface area contributed by atoms with Gasteiger partial charge < -0.3 is 10.0 Å². The average molecular weight is 287 g/mol. The third-order valence-electron chi connectivity index (χ3n) is 4.24. The molecular formula is C16H21N3O2. The molecule has 0 aromatic carbocycles. The standard InChI is InChI=1S/C16H21N3O2/c1-11-9-13(18-7-5-3-4-6-8-18)10-19-14(16(20)21)12(2)17-15(11)19/h9-10H,3-8H2,1-2H3,(H,20,21). The summed E-state index contributed by atoms with van der Waals surface area (Å²) in [5.41, 5.74) is 3.70. The van der Waals surface area contributed by atoms with Gasteiger partial charge in [0.15, 0.2) is 5.69 Å². The van der Waals surface area contributed by atoms with Crippen LogP contribution in [0.3, 0.4) is 0 Å². The van der Waals surface area contributed by atoms with Crippen LogP contribution in [0.4, 0.5) is 5.69 Å². The minimum absolute atomic E-state index is 0.268. The number of aryl methyl sites for hydroxylation is 2. The van der Waals surface area contributed by atoms with E-state index in [-0.39, 0.29) is 5.69 Å². The molecule has 1 N–H and O–H groups in total. The average Bonchev–Trinajstić information content (AvgIpc) is 2.63. The highest BCUT2D eigenvalue weighted by Gasteiger charge is 2.19. The minimum atomic E-state index is -0.924. The molecule has 2 aromatic heterocycles. The fraction of sp³-hybridized carbons (Fsp3) is 0.500. The van der Waals surface area contributed by atoms with E-state index in [4.69, 9.17) is 0 Å². The molecule has 0 saturated carbocycles. The second-order valence-electron chi connectivity index (χ2n) is 5.83. The largest absolute Gasteiger partial charge is 0.477 e. The van der Waals surface area contributed by atoms with Crippen LogP contribution in [0.2, 0.25) is 0 Å². The number of aromatic nitrogens is 2. The predicted octanol–water partition coefficient (Wildman–Crippen LogP) is 3.03. The van der Waals surface area contributed by atoms with Crippen LogP contribution in [0.15, 0.2) is 12.3 Å². The van der Waals surface area contributed by atoms with Crippen LogP contribution in [0.5, 0.6) is 0 Å². The van der Waals surface area contributed by atoms with Crippen molar-refractivity contribution in [3.05, 3.63) is 29.2 Å². The second-order valence-corrected chi connectivity index (χ2v) is 5.83. The fourth-order valence-corrected chi connectivity index (χ4v) is 3.17. The van der Waals surface area contributed by atoms with Crippen LogP contribution in [-0.4, -0.2) is 33.6 Å². The maximum absolute atomic E-state index is 11.5. The molecule has 112 valence electrons. The van der Waals surface area contributed by atoms with E-state index in [9.17, 15) is 9.90 Å². The van der Waals surface area contributed by atoms with Crippen molar-refractivity contribution in [2.24, 2.45) is 0 Å². The molecule has 5 heteroatoms. The first-order valence-electron chi connectivity index (χ1n) is 7.55. The quantitative estimate of drug-likeness (QED) is 0.922. The predicted molar refractivity (Wildman–Crippen MR) is 82.3 cm³/mol. The highest BCUT2D eigenvalue weighted by atomic mass is 16.4. The van der Waals surface area contributed by atoms with Gasteiger partial charge in [-0.2, -0.15) is 0 Å². The van der Waals surface area contributed by atoms with E-state index in [2.05, 4.69) is 16.0 Å². The van der Waals surface area contributed by atoms with Gasteiger partial charge in [-0.1, -0.05) is 12.8 Å². The highest BCUT2D eigenvalue weighted by molar-refractivity contribution is 5.88. The van der Waals surface area contributed by atoms with Crippen molar-refractivity contribution in [2.45, 2.75) is 39.5 Å². The van der Waals surface area contributed by atoms with E-state index in [1.54, 1.807) is 11.3 Å². The van der Waals surface area contributed by atoms with Gasteiger partial charge in [0.05, 0.1) is 11.4 Å². The summed E-state index contributed by atoms with van der Waals surface area (Å²) < 4.78 is 1.73. The maximum atomic E-state index is 11.5. The Bertz CT molecular complexity index is 682. The smallest absolute Gasteiger partial charge is 0.354 e. The lowest BCUT2D eigenvalue weighted by molar-refractivity contribution is 0.0688. The lowest BCUT2D eigenvalue weighted by Gasteiger charge is -2.23. The van der Waals surface area contributed by atoms with Crippen LogP contribution in [0, 0.1) is 13.8 Å². The molecular weight excluding hydrogens is 266 g/mol. The molecule has 3 rings (SSSR count). The molecule has 0 amide bonds. The van der Waals surface area contributed by atoms with Gasteiger partial charge in [0.1, 0.15) is 5.65 Å².